The van der Waals surface area contributed by atoms with Crippen molar-refractivity contribution in [3.8, 4) is 0 Å². The molecule has 2 rings (SSSR count). The molecule has 17 heavy (non-hydrogen) atoms. The lowest BCUT2D eigenvalue weighted by molar-refractivity contribution is 0.510. The number of aryl methyl sites for hydroxylation is 2. The van der Waals surface area contributed by atoms with E-state index in [9.17, 15) is 0 Å². The minimum Gasteiger partial charge on any atom is -0.369 e. The molecule has 0 saturated carbocycles. The minimum absolute atomic E-state index is 0.679. The van der Waals surface area contributed by atoms with Crippen LogP contribution in [0, 0.1) is 13.8 Å². The minimum atomic E-state index is 0.679. The molecule has 3 heteroatoms. The SMILES string of the molecule is CCC1CCN(c2ccc(C)nc2C)CCN1. The zero-order chi connectivity index (χ0) is 12.3. The van der Waals surface area contributed by atoms with E-state index in [1.54, 1.807) is 0 Å². The third-order valence-electron chi connectivity index (χ3n) is 3.59. The van der Waals surface area contributed by atoms with E-state index < -0.39 is 0 Å². The molecule has 1 aliphatic heterocycles. The van der Waals surface area contributed by atoms with Crippen LogP contribution in [0.4, 0.5) is 5.69 Å². The summed E-state index contributed by atoms with van der Waals surface area (Å²) in [5.74, 6) is 0. The molecule has 1 aromatic heterocycles. The summed E-state index contributed by atoms with van der Waals surface area (Å²) in [4.78, 5) is 7.02. The molecule has 0 bridgehead atoms. The van der Waals surface area contributed by atoms with Gasteiger partial charge in [0.05, 0.1) is 11.4 Å². The lowest BCUT2D eigenvalue weighted by atomic mass is 10.1. The highest BCUT2D eigenvalue weighted by molar-refractivity contribution is 5.50. The van der Waals surface area contributed by atoms with Gasteiger partial charge in [-0.3, -0.25) is 4.98 Å². The van der Waals surface area contributed by atoms with Gasteiger partial charge >= 0.3 is 0 Å². The van der Waals surface area contributed by atoms with Crippen LogP contribution in [0.15, 0.2) is 12.1 Å². The molecule has 1 aromatic rings. The standard InChI is InChI=1S/C14H23N3/c1-4-13-7-9-17(10-8-15-13)14-6-5-11(2)16-12(14)3/h5-6,13,15H,4,7-10H2,1-3H3. The van der Waals surface area contributed by atoms with Gasteiger partial charge in [0, 0.05) is 31.4 Å². The number of rotatable bonds is 2. The summed E-state index contributed by atoms with van der Waals surface area (Å²) in [6, 6.07) is 5.00. The van der Waals surface area contributed by atoms with Gasteiger partial charge in [-0.05, 0) is 38.8 Å². The average molecular weight is 233 g/mol. The Labute approximate surface area is 104 Å². The van der Waals surface area contributed by atoms with E-state index in [-0.39, 0.29) is 0 Å². The van der Waals surface area contributed by atoms with Gasteiger partial charge in [0.1, 0.15) is 0 Å². The molecule has 0 radical (unpaired) electrons. The number of hydrogen-bond acceptors (Lipinski definition) is 3. The van der Waals surface area contributed by atoms with Crippen LogP contribution in [0.2, 0.25) is 0 Å². The van der Waals surface area contributed by atoms with Crippen molar-refractivity contribution in [3.63, 3.8) is 0 Å². The summed E-state index contributed by atoms with van der Waals surface area (Å²) in [6.07, 6.45) is 2.45. The molecule has 1 aliphatic rings. The van der Waals surface area contributed by atoms with Gasteiger partial charge in [0.2, 0.25) is 0 Å². The maximum Gasteiger partial charge on any atom is 0.0608 e. The summed E-state index contributed by atoms with van der Waals surface area (Å²) in [5.41, 5.74) is 3.56. The first-order chi connectivity index (χ1) is 8.20. The quantitative estimate of drug-likeness (QED) is 0.849. The van der Waals surface area contributed by atoms with E-state index in [1.165, 1.54) is 18.5 Å². The molecule has 1 fully saturated rings. The maximum absolute atomic E-state index is 4.56. The van der Waals surface area contributed by atoms with Crippen molar-refractivity contribution in [2.24, 2.45) is 0 Å². The summed E-state index contributed by atoms with van der Waals surface area (Å²) in [5, 5.41) is 3.60. The second kappa shape index (κ2) is 5.50. The summed E-state index contributed by atoms with van der Waals surface area (Å²) in [7, 11) is 0. The van der Waals surface area contributed by atoms with E-state index in [0.29, 0.717) is 6.04 Å². The molecule has 1 atom stereocenters. The average Bonchev–Trinajstić information content (AvgIpc) is 2.54. The Morgan fingerprint density at radius 1 is 1.35 bits per heavy atom. The fourth-order valence-electron chi connectivity index (χ4n) is 2.53. The number of hydrogen-bond donors (Lipinski definition) is 1. The Balaban J connectivity index is 2.11. The molecule has 94 valence electrons. The summed E-state index contributed by atoms with van der Waals surface area (Å²) in [6.45, 7) is 9.71. The Morgan fingerprint density at radius 3 is 2.88 bits per heavy atom. The molecule has 0 amide bonds. The van der Waals surface area contributed by atoms with Crippen LogP contribution >= 0.6 is 0 Å². The predicted octanol–water partition coefficient (Wildman–Crippen LogP) is 2.28. The van der Waals surface area contributed by atoms with Gasteiger partial charge in [0.25, 0.3) is 0 Å². The second-order valence-electron chi connectivity index (χ2n) is 4.89. The Kier molecular flexibility index (Phi) is 4.00. The van der Waals surface area contributed by atoms with E-state index in [0.717, 1.165) is 31.0 Å². The Hall–Kier alpha value is -1.09. The zero-order valence-electron chi connectivity index (χ0n) is 11.2. The smallest absolute Gasteiger partial charge is 0.0608 e. The molecule has 0 spiro atoms. The highest BCUT2D eigenvalue weighted by Gasteiger charge is 2.16. The van der Waals surface area contributed by atoms with Crippen LogP contribution in [0.25, 0.3) is 0 Å². The second-order valence-corrected chi connectivity index (χ2v) is 4.89. The Morgan fingerprint density at radius 2 is 2.18 bits per heavy atom. The summed E-state index contributed by atoms with van der Waals surface area (Å²) < 4.78 is 0. The number of aromatic nitrogens is 1. The first-order valence-electron chi connectivity index (χ1n) is 6.63. The molecule has 0 aliphatic carbocycles. The fraction of sp³-hybridized carbons (Fsp3) is 0.643. The van der Waals surface area contributed by atoms with Gasteiger partial charge in [-0.2, -0.15) is 0 Å². The number of pyridine rings is 1. The molecule has 1 saturated heterocycles. The zero-order valence-corrected chi connectivity index (χ0v) is 11.2. The van der Waals surface area contributed by atoms with Crippen molar-refractivity contribution in [2.75, 3.05) is 24.5 Å². The van der Waals surface area contributed by atoms with E-state index in [2.05, 4.69) is 41.2 Å². The van der Waals surface area contributed by atoms with Crippen molar-refractivity contribution >= 4 is 5.69 Å². The molecule has 0 aromatic carbocycles. The van der Waals surface area contributed by atoms with Crippen molar-refractivity contribution in [2.45, 2.75) is 39.7 Å². The lowest BCUT2D eigenvalue weighted by Crippen LogP contribution is -2.30. The van der Waals surface area contributed by atoms with Crippen molar-refractivity contribution in [3.05, 3.63) is 23.5 Å². The summed E-state index contributed by atoms with van der Waals surface area (Å²) >= 11 is 0. The van der Waals surface area contributed by atoms with E-state index in [1.807, 2.05) is 6.92 Å². The Bertz CT molecular complexity index is 376. The molecular weight excluding hydrogens is 210 g/mol. The fourth-order valence-corrected chi connectivity index (χ4v) is 2.53. The van der Waals surface area contributed by atoms with Crippen LogP contribution in [-0.2, 0) is 0 Å². The van der Waals surface area contributed by atoms with Crippen molar-refractivity contribution in [1.82, 2.24) is 10.3 Å². The van der Waals surface area contributed by atoms with Crippen LogP contribution in [0.3, 0.4) is 0 Å². The predicted molar refractivity (Wildman–Crippen MR) is 72.6 cm³/mol. The van der Waals surface area contributed by atoms with Crippen LogP contribution in [0.5, 0.6) is 0 Å². The molecular formula is C14H23N3. The van der Waals surface area contributed by atoms with E-state index in [4.69, 9.17) is 0 Å². The molecule has 1 N–H and O–H groups in total. The topological polar surface area (TPSA) is 28.2 Å². The number of nitrogens with one attached hydrogen (secondary N) is 1. The molecule has 3 nitrogen and oxygen atoms in total. The van der Waals surface area contributed by atoms with Gasteiger partial charge in [-0.25, -0.2) is 0 Å². The third-order valence-corrected chi connectivity index (χ3v) is 3.59. The maximum atomic E-state index is 4.56. The number of anilines is 1. The van der Waals surface area contributed by atoms with Gasteiger partial charge in [-0.1, -0.05) is 6.92 Å². The lowest BCUT2D eigenvalue weighted by Gasteiger charge is -2.24. The highest BCUT2D eigenvalue weighted by atomic mass is 15.2. The molecule has 1 unspecified atom stereocenters. The monoisotopic (exact) mass is 233 g/mol. The van der Waals surface area contributed by atoms with Crippen LogP contribution in [0.1, 0.15) is 31.2 Å². The first-order valence-corrected chi connectivity index (χ1v) is 6.63. The van der Waals surface area contributed by atoms with Gasteiger partial charge < -0.3 is 10.2 Å². The molecule has 2 heterocycles. The normalized spacial score (nSPS) is 21.4. The highest BCUT2D eigenvalue weighted by Crippen LogP contribution is 2.20. The van der Waals surface area contributed by atoms with Crippen LogP contribution in [-0.4, -0.2) is 30.7 Å². The third kappa shape index (κ3) is 2.97. The van der Waals surface area contributed by atoms with Crippen molar-refractivity contribution < 1.29 is 0 Å². The van der Waals surface area contributed by atoms with Crippen LogP contribution < -0.4 is 10.2 Å². The van der Waals surface area contributed by atoms with Crippen molar-refractivity contribution in [1.29, 1.82) is 0 Å². The van der Waals surface area contributed by atoms with E-state index >= 15 is 0 Å². The number of nitrogens with zero attached hydrogens (tertiary/aromatic N) is 2. The van der Waals surface area contributed by atoms with Gasteiger partial charge in [0.15, 0.2) is 0 Å². The largest absolute Gasteiger partial charge is 0.369 e. The first kappa shape index (κ1) is 12.4. The van der Waals surface area contributed by atoms with Gasteiger partial charge in [-0.15, -0.1) is 0 Å².